The van der Waals surface area contributed by atoms with Crippen molar-refractivity contribution in [2.45, 2.75) is 83.2 Å². The van der Waals surface area contributed by atoms with Crippen molar-refractivity contribution >= 4 is 0 Å². The molecule has 2 unspecified atom stereocenters. The van der Waals surface area contributed by atoms with Crippen LogP contribution in [0, 0.1) is 0 Å². The molecule has 0 radical (unpaired) electrons. The minimum atomic E-state index is 0.506. The third-order valence-corrected chi connectivity index (χ3v) is 4.77. The molecule has 1 aromatic carbocycles. The predicted molar refractivity (Wildman–Crippen MR) is 90.8 cm³/mol. The largest absolute Gasteiger partial charge is 0.378 e. The Morgan fingerprint density at radius 2 is 1.76 bits per heavy atom. The molecule has 0 aliphatic carbocycles. The molecule has 0 aromatic heterocycles. The molecule has 1 aliphatic heterocycles. The third kappa shape index (κ3) is 6.22. The van der Waals surface area contributed by atoms with E-state index in [1.54, 1.807) is 0 Å². The van der Waals surface area contributed by atoms with Crippen molar-refractivity contribution in [3.63, 3.8) is 0 Å². The van der Waals surface area contributed by atoms with Gasteiger partial charge in [-0.3, -0.25) is 0 Å². The van der Waals surface area contributed by atoms with E-state index in [9.17, 15) is 0 Å². The van der Waals surface area contributed by atoms with Crippen LogP contribution < -0.4 is 0 Å². The summed E-state index contributed by atoms with van der Waals surface area (Å²) in [5.41, 5.74) is 1.52. The van der Waals surface area contributed by atoms with Crippen LogP contribution in [0.1, 0.15) is 82.6 Å². The zero-order chi connectivity index (χ0) is 14.8. The maximum absolute atomic E-state index is 6.13. The van der Waals surface area contributed by atoms with Gasteiger partial charge in [0.15, 0.2) is 0 Å². The molecule has 1 heteroatoms. The van der Waals surface area contributed by atoms with Crippen molar-refractivity contribution in [2.75, 3.05) is 6.61 Å². The minimum Gasteiger partial charge on any atom is -0.378 e. The van der Waals surface area contributed by atoms with Crippen LogP contribution in [0.5, 0.6) is 0 Å². The van der Waals surface area contributed by atoms with Gasteiger partial charge in [-0.15, -0.1) is 0 Å². The third-order valence-electron chi connectivity index (χ3n) is 4.77. The lowest BCUT2D eigenvalue weighted by atomic mass is 9.88. The van der Waals surface area contributed by atoms with E-state index in [4.69, 9.17) is 4.74 Å². The number of hydrogen-bond donors (Lipinski definition) is 0. The average molecular weight is 288 g/mol. The first kappa shape index (κ1) is 16.5. The van der Waals surface area contributed by atoms with Crippen molar-refractivity contribution < 1.29 is 4.74 Å². The van der Waals surface area contributed by atoms with Crippen LogP contribution in [-0.4, -0.2) is 12.7 Å². The molecular weight excluding hydrogens is 256 g/mol. The molecule has 21 heavy (non-hydrogen) atoms. The molecule has 2 rings (SSSR count). The van der Waals surface area contributed by atoms with Gasteiger partial charge in [0.2, 0.25) is 0 Å². The van der Waals surface area contributed by atoms with Gasteiger partial charge in [0.05, 0.1) is 6.10 Å². The minimum absolute atomic E-state index is 0.506. The molecule has 2 atom stereocenters. The summed E-state index contributed by atoms with van der Waals surface area (Å²) in [5.74, 6) is 0.715. The summed E-state index contributed by atoms with van der Waals surface area (Å²) in [6.45, 7) is 3.28. The van der Waals surface area contributed by atoms with Crippen LogP contribution in [0.2, 0.25) is 0 Å². The highest BCUT2D eigenvalue weighted by atomic mass is 16.5. The zero-order valence-electron chi connectivity index (χ0n) is 13.7. The summed E-state index contributed by atoms with van der Waals surface area (Å²) in [6, 6.07) is 11.1. The molecule has 1 aliphatic rings. The van der Waals surface area contributed by atoms with Crippen molar-refractivity contribution in [1.82, 2.24) is 0 Å². The highest BCUT2D eigenvalue weighted by molar-refractivity contribution is 5.19. The van der Waals surface area contributed by atoms with E-state index in [1.807, 2.05) is 0 Å². The van der Waals surface area contributed by atoms with E-state index in [-0.39, 0.29) is 0 Å². The van der Waals surface area contributed by atoms with E-state index < -0.39 is 0 Å². The maximum atomic E-state index is 6.13. The summed E-state index contributed by atoms with van der Waals surface area (Å²) in [5, 5.41) is 0. The number of benzene rings is 1. The van der Waals surface area contributed by atoms with Gasteiger partial charge in [-0.25, -0.2) is 0 Å². The Kier molecular flexibility index (Phi) is 7.88. The lowest BCUT2D eigenvalue weighted by molar-refractivity contribution is 0.0385. The summed E-state index contributed by atoms with van der Waals surface area (Å²) >= 11 is 0. The first-order chi connectivity index (χ1) is 10.4. The van der Waals surface area contributed by atoms with Crippen LogP contribution in [0.15, 0.2) is 30.3 Å². The lowest BCUT2D eigenvalue weighted by Gasteiger charge is -2.21. The van der Waals surface area contributed by atoms with Crippen LogP contribution in [0.3, 0.4) is 0 Å². The second-order valence-electron chi connectivity index (χ2n) is 6.52. The molecule has 1 fully saturated rings. The molecule has 0 saturated carbocycles. The number of rotatable bonds is 6. The Balaban J connectivity index is 1.85. The molecule has 0 N–H and O–H groups in total. The van der Waals surface area contributed by atoms with Crippen molar-refractivity contribution in [3.8, 4) is 0 Å². The van der Waals surface area contributed by atoms with Gasteiger partial charge < -0.3 is 4.74 Å². The Morgan fingerprint density at radius 3 is 2.57 bits per heavy atom. The molecule has 1 saturated heterocycles. The number of hydrogen-bond acceptors (Lipinski definition) is 1. The molecule has 1 heterocycles. The smallest absolute Gasteiger partial charge is 0.0575 e. The molecular formula is C20H32O. The molecule has 0 bridgehead atoms. The fourth-order valence-electron chi connectivity index (χ4n) is 3.50. The summed E-state index contributed by atoms with van der Waals surface area (Å²) < 4.78 is 6.13. The summed E-state index contributed by atoms with van der Waals surface area (Å²) in [6.07, 6.45) is 13.6. The van der Waals surface area contributed by atoms with Crippen molar-refractivity contribution in [1.29, 1.82) is 0 Å². The molecule has 1 nitrogen and oxygen atoms in total. The standard InChI is InChI=1S/C20H32O/c1-2-11-18(19-12-7-6-8-13-19)15-16-20-14-9-4-3-5-10-17-21-20/h6-8,12-13,18,20H,2-5,9-11,14-17H2,1H3. The SMILES string of the molecule is CCCC(CCC1CCCCCCCO1)c1ccccc1. The van der Waals surface area contributed by atoms with Gasteiger partial charge in [-0.2, -0.15) is 0 Å². The van der Waals surface area contributed by atoms with Gasteiger partial charge in [0.1, 0.15) is 0 Å². The molecule has 0 spiro atoms. The van der Waals surface area contributed by atoms with Crippen molar-refractivity contribution in [3.05, 3.63) is 35.9 Å². The topological polar surface area (TPSA) is 9.23 Å². The van der Waals surface area contributed by atoms with E-state index in [2.05, 4.69) is 37.3 Å². The van der Waals surface area contributed by atoms with Gasteiger partial charge >= 0.3 is 0 Å². The number of ether oxygens (including phenoxy) is 1. The monoisotopic (exact) mass is 288 g/mol. The molecule has 118 valence electrons. The Hall–Kier alpha value is -0.820. The fourth-order valence-corrected chi connectivity index (χ4v) is 3.50. The Bertz CT molecular complexity index is 349. The van der Waals surface area contributed by atoms with E-state index in [0.717, 1.165) is 6.61 Å². The van der Waals surface area contributed by atoms with E-state index in [0.29, 0.717) is 12.0 Å². The van der Waals surface area contributed by atoms with Gasteiger partial charge in [-0.05, 0) is 43.6 Å². The second-order valence-corrected chi connectivity index (χ2v) is 6.52. The van der Waals surface area contributed by atoms with Crippen LogP contribution in [0.4, 0.5) is 0 Å². The molecule has 0 amide bonds. The normalized spacial score (nSPS) is 22.0. The van der Waals surface area contributed by atoms with Gasteiger partial charge in [0, 0.05) is 6.61 Å². The predicted octanol–water partition coefficient (Wildman–Crippen LogP) is 6.09. The highest BCUT2D eigenvalue weighted by Gasteiger charge is 2.16. The Labute approximate surface area is 131 Å². The lowest BCUT2D eigenvalue weighted by Crippen LogP contribution is -2.15. The molecule has 1 aromatic rings. The van der Waals surface area contributed by atoms with Crippen molar-refractivity contribution in [2.24, 2.45) is 0 Å². The summed E-state index contributed by atoms with van der Waals surface area (Å²) in [4.78, 5) is 0. The first-order valence-electron chi connectivity index (χ1n) is 9.06. The quantitative estimate of drug-likeness (QED) is 0.615. The summed E-state index contributed by atoms with van der Waals surface area (Å²) in [7, 11) is 0. The fraction of sp³-hybridized carbons (Fsp3) is 0.700. The van der Waals surface area contributed by atoms with Crippen LogP contribution >= 0.6 is 0 Å². The maximum Gasteiger partial charge on any atom is 0.0575 e. The first-order valence-corrected chi connectivity index (χ1v) is 9.06. The zero-order valence-corrected chi connectivity index (χ0v) is 13.7. The second kappa shape index (κ2) is 10.00. The van der Waals surface area contributed by atoms with Gasteiger partial charge in [-0.1, -0.05) is 69.4 Å². The van der Waals surface area contributed by atoms with Gasteiger partial charge in [0.25, 0.3) is 0 Å². The average Bonchev–Trinajstić information content (AvgIpc) is 2.66. The van der Waals surface area contributed by atoms with Crippen LogP contribution in [0.25, 0.3) is 0 Å². The highest BCUT2D eigenvalue weighted by Crippen LogP contribution is 2.28. The van der Waals surface area contributed by atoms with E-state index in [1.165, 1.54) is 69.8 Å². The Morgan fingerprint density at radius 1 is 1.00 bits per heavy atom. The van der Waals surface area contributed by atoms with E-state index >= 15 is 0 Å². The van der Waals surface area contributed by atoms with Crippen LogP contribution in [-0.2, 0) is 4.74 Å².